The lowest BCUT2D eigenvalue weighted by Crippen LogP contribution is -2.64. The number of aromatic amines is 1. The Kier molecular flexibility index (Phi) is 5.41. The highest BCUT2D eigenvalue weighted by Gasteiger charge is 2.53. The molecule has 0 saturated carbocycles. The van der Waals surface area contributed by atoms with Gasteiger partial charge < -0.3 is 14.8 Å². The number of nitrogens with one attached hydrogen (secondary N) is 1. The van der Waals surface area contributed by atoms with Gasteiger partial charge in [-0.1, -0.05) is 0 Å². The number of carboxylic acids is 1. The zero-order valence-electron chi connectivity index (χ0n) is 16.9. The lowest BCUT2D eigenvalue weighted by atomic mass is 9.69. The number of H-pyrrole nitrogens is 1. The SMILES string of the molecule is COCCN1CC[C@H]2N(Cc3nc4c(cnn4C)c(=O)[nH]3)CCC[C@]2(C(=O)O)C1. The Hall–Kier alpha value is -2.30. The van der Waals surface area contributed by atoms with E-state index in [1.165, 1.54) is 6.20 Å². The van der Waals surface area contributed by atoms with Gasteiger partial charge in [0.1, 0.15) is 11.2 Å². The van der Waals surface area contributed by atoms with Gasteiger partial charge in [-0.15, -0.1) is 0 Å². The van der Waals surface area contributed by atoms with Gasteiger partial charge in [-0.3, -0.25) is 24.1 Å². The minimum Gasteiger partial charge on any atom is -0.481 e. The molecule has 10 heteroatoms. The number of hydrogen-bond acceptors (Lipinski definition) is 7. The van der Waals surface area contributed by atoms with Crippen LogP contribution in [0.1, 0.15) is 25.1 Å². The molecular formula is C19H28N6O4. The number of rotatable bonds is 6. The van der Waals surface area contributed by atoms with Crippen LogP contribution in [0.3, 0.4) is 0 Å². The Morgan fingerprint density at radius 3 is 3.03 bits per heavy atom. The number of aliphatic carboxylic acids is 1. The van der Waals surface area contributed by atoms with Gasteiger partial charge in [-0.05, 0) is 32.4 Å². The van der Waals surface area contributed by atoms with Gasteiger partial charge in [0, 0.05) is 33.3 Å². The topological polar surface area (TPSA) is 117 Å². The molecule has 0 aromatic carbocycles. The predicted octanol–water partition coefficient (Wildman–Crippen LogP) is 0.0441. The van der Waals surface area contributed by atoms with Crippen molar-refractivity contribution >= 4 is 17.0 Å². The number of nitrogens with zero attached hydrogens (tertiary/aromatic N) is 5. The number of carbonyl (C=O) groups is 1. The molecule has 4 heterocycles. The molecule has 2 fully saturated rings. The van der Waals surface area contributed by atoms with Crippen molar-refractivity contribution in [2.45, 2.75) is 31.8 Å². The van der Waals surface area contributed by atoms with Crippen LogP contribution in [0.15, 0.2) is 11.0 Å². The maximum absolute atomic E-state index is 12.4. The summed E-state index contributed by atoms with van der Waals surface area (Å²) in [4.78, 5) is 36.6. The number of hydrogen-bond donors (Lipinski definition) is 2. The largest absolute Gasteiger partial charge is 0.481 e. The van der Waals surface area contributed by atoms with E-state index in [0.29, 0.717) is 43.0 Å². The molecule has 0 amide bonds. The molecule has 2 saturated heterocycles. The summed E-state index contributed by atoms with van der Waals surface area (Å²) in [5, 5.41) is 14.7. The highest BCUT2D eigenvalue weighted by atomic mass is 16.5. The molecule has 158 valence electrons. The van der Waals surface area contributed by atoms with E-state index in [1.807, 2.05) is 0 Å². The first-order chi connectivity index (χ1) is 13.9. The number of piperidine rings is 2. The van der Waals surface area contributed by atoms with Gasteiger partial charge in [0.15, 0.2) is 5.65 Å². The van der Waals surface area contributed by atoms with Gasteiger partial charge in [0.25, 0.3) is 5.56 Å². The van der Waals surface area contributed by atoms with E-state index in [9.17, 15) is 14.7 Å². The van der Waals surface area contributed by atoms with Crippen molar-refractivity contribution in [2.75, 3.05) is 39.9 Å². The molecule has 0 radical (unpaired) electrons. The van der Waals surface area contributed by atoms with E-state index in [4.69, 9.17) is 4.74 Å². The average molecular weight is 404 g/mol. The van der Waals surface area contributed by atoms with Crippen molar-refractivity contribution in [3.8, 4) is 0 Å². The van der Waals surface area contributed by atoms with Crippen LogP contribution in [0.5, 0.6) is 0 Å². The van der Waals surface area contributed by atoms with Crippen LogP contribution in [0.25, 0.3) is 11.0 Å². The predicted molar refractivity (Wildman–Crippen MR) is 106 cm³/mol. The Labute approximate surface area is 168 Å². The minimum absolute atomic E-state index is 0.0833. The van der Waals surface area contributed by atoms with Crippen molar-refractivity contribution in [1.29, 1.82) is 0 Å². The summed E-state index contributed by atoms with van der Waals surface area (Å²) in [7, 11) is 3.42. The Bertz CT molecular complexity index is 956. The lowest BCUT2D eigenvalue weighted by molar-refractivity contribution is -0.165. The molecule has 0 aliphatic carbocycles. The van der Waals surface area contributed by atoms with Crippen LogP contribution in [-0.4, -0.2) is 86.6 Å². The van der Waals surface area contributed by atoms with Gasteiger partial charge in [0.05, 0.1) is 24.8 Å². The zero-order valence-corrected chi connectivity index (χ0v) is 16.9. The summed E-state index contributed by atoms with van der Waals surface area (Å²) in [6.45, 7) is 3.92. The molecule has 0 unspecified atom stereocenters. The summed E-state index contributed by atoms with van der Waals surface area (Å²) in [6.07, 6.45) is 3.75. The third-order valence-corrected chi connectivity index (χ3v) is 6.41. The number of ether oxygens (including phenoxy) is 1. The zero-order chi connectivity index (χ0) is 20.6. The number of fused-ring (bicyclic) bond motifs is 2. The monoisotopic (exact) mass is 404 g/mol. The van der Waals surface area contributed by atoms with Crippen LogP contribution >= 0.6 is 0 Å². The Morgan fingerprint density at radius 1 is 1.45 bits per heavy atom. The van der Waals surface area contributed by atoms with E-state index in [0.717, 1.165) is 32.5 Å². The first-order valence-electron chi connectivity index (χ1n) is 10.0. The Balaban J connectivity index is 1.60. The second-order valence-electron chi connectivity index (χ2n) is 8.13. The second kappa shape index (κ2) is 7.85. The summed E-state index contributed by atoms with van der Waals surface area (Å²) >= 11 is 0. The van der Waals surface area contributed by atoms with E-state index in [-0.39, 0.29) is 11.6 Å². The highest BCUT2D eigenvalue weighted by Crippen LogP contribution is 2.42. The minimum atomic E-state index is -0.804. The van der Waals surface area contributed by atoms with Crippen molar-refractivity contribution in [3.05, 3.63) is 22.4 Å². The first kappa shape index (κ1) is 20.0. The fraction of sp³-hybridized carbons (Fsp3) is 0.684. The molecule has 0 spiro atoms. The van der Waals surface area contributed by atoms with Crippen molar-refractivity contribution in [1.82, 2.24) is 29.5 Å². The van der Waals surface area contributed by atoms with E-state index in [1.54, 1.807) is 18.8 Å². The third-order valence-electron chi connectivity index (χ3n) is 6.41. The second-order valence-corrected chi connectivity index (χ2v) is 8.13. The van der Waals surface area contributed by atoms with Crippen LogP contribution in [-0.2, 0) is 23.1 Å². The quantitative estimate of drug-likeness (QED) is 0.693. The van der Waals surface area contributed by atoms with E-state index >= 15 is 0 Å². The number of aromatic nitrogens is 4. The van der Waals surface area contributed by atoms with E-state index in [2.05, 4.69) is 24.9 Å². The smallest absolute Gasteiger partial charge is 0.312 e. The standard InChI is InChI=1S/C19H28N6O4/c1-23-16-13(10-20-23)17(26)22-15(21-16)11-25-6-3-5-19(18(27)28)12-24(8-9-29-2)7-4-14(19)25/h10,14H,3-9,11-12H2,1-2H3,(H,27,28)(H,21,22,26)/t14-,19+/m1/s1. The lowest BCUT2D eigenvalue weighted by Gasteiger charge is -2.52. The molecular weight excluding hydrogens is 376 g/mol. The fourth-order valence-electron chi connectivity index (χ4n) is 4.96. The van der Waals surface area contributed by atoms with Crippen LogP contribution < -0.4 is 5.56 Å². The van der Waals surface area contributed by atoms with Gasteiger partial charge >= 0.3 is 5.97 Å². The number of methoxy groups -OCH3 is 1. The van der Waals surface area contributed by atoms with Gasteiger partial charge in [-0.25, -0.2) is 4.98 Å². The van der Waals surface area contributed by atoms with Crippen molar-refractivity contribution in [3.63, 3.8) is 0 Å². The molecule has 10 nitrogen and oxygen atoms in total. The highest BCUT2D eigenvalue weighted by molar-refractivity contribution is 5.76. The van der Waals surface area contributed by atoms with Crippen molar-refractivity contribution < 1.29 is 14.6 Å². The summed E-state index contributed by atoms with van der Waals surface area (Å²) < 4.78 is 6.76. The molecule has 2 aliphatic rings. The first-order valence-corrected chi connectivity index (χ1v) is 10.0. The fourth-order valence-corrected chi connectivity index (χ4v) is 4.96. The molecule has 4 rings (SSSR count). The third kappa shape index (κ3) is 3.56. The average Bonchev–Trinajstić information content (AvgIpc) is 3.07. The molecule has 2 aromatic heterocycles. The molecule has 2 atom stereocenters. The van der Waals surface area contributed by atoms with Gasteiger partial charge in [-0.2, -0.15) is 5.10 Å². The normalized spacial score (nSPS) is 25.9. The van der Waals surface area contributed by atoms with Crippen LogP contribution in [0.4, 0.5) is 0 Å². The van der Waals surface area contributed by atoms with Crippen LogP contribution in [0.2, 0.25) is 0 Å². The number of aryl methyl sites for hydroxylation is 1. The molecule has 2 N–H and O–H groups in total. The van der Waals surface area contributed by atoms with Gasteiger partial charge in [0.2, 0.25) is 0 Å². The maximum Gasteiger partial charge on any atom is 0.312 e. The summed E-state index contributed by atoms with van der Waals surface area (Å²) in [5.41, 5.74) is -0.477. The molecule has 2 aliphatic heterocycles. The van der Waals surface area contributed by atoms with Crippen molar-refractivity contribution in [2.24, 2.45) is 12.5 Å². The number of likely N-dealkylation sites (tertiary alicyclic amines) is 2. The summed E-state index contributed by atoms with van der Waals surface area (Å²) in [6, 6.07) is -0.0833. The van der Waals surface area contributed by atoms with Crippen LogP contribution in [0, 0.1) is 5.41 Å². The molecule has 0 bridgehead atoms. The molecule has 29 heavy (non-hydrogen) atoms. The molecule has 2 aromatic rings. The number of carboxylic acid groups (broad SMARTS) is 1. The maximum atomic E-state index is 12.4. The van der Waals surface area contributed by atoms with E-state index < -0.39 is 11.4 Å². The Morgan fingerprint density at radius 2 is 2.28 bits per heavy atom. The summed E-state index contributed by atoms with van der Waals surface area (Å²) in [5.74, 6) is -0.188.